The van der Waals surface area contributed by atoms with Gasteiger partial charge in [0.15, 0.2) is 0 Å². The molecule has 0 aromatic heterocycles. The molecule has 0 aromatic rings. The average molecular weight is 445 g/mol. The number of rotatable bonds is 8. The number of aliphatic hydroxyl groups excluding tert-OH is 1. The lowest BCUT2D eigenvalue weighted by molar-refractivity contribution is -0.161. The van der Waals surface area contributed by atoms with E-state index in [4.69, 9.17) is 4.74 Å². The Morgan fingerprint density at radius 2 is 1.72 bits per heavy atom. The predicted molar refractivity (Wildman–Crippen MR) is 132 cm³/mol. The van der Waals surface area contributed by atoms with E-state index >= 15 is 0 Å². The van der Waals surface area contributed by atoms with Crippen molar-refractivity contribution in [3.8, 4) is 0 Å². The maximum absolute atomic E-state index is 9.51. The van der Waals surface area contributed by atoms with Crippen molar-refractivity contribution in [2.45, 2.75) is 111 Å². The molecule has 0 saturated heterocycles. The van der Waals surface area contributed by atoms with Crippen LogP contribution in [0.1, 0.15) is 105 Å². The van der Waals surface area contributed by atoms with Crippen molar-refractivity contribution in [2.75, 3.05) is 13.7 Å². The Bertz CT molecular complexity index is 688. The molecule has 0 heterocycles. The summed E-state index contributed by atoms with van der Waals surface area (Å²) in [6.45, 7) is 13.0. The molecule has 5 rings (SSSR count). The molecule has 11 atom stereocenters. The van der Waals surface area contributed by atoms with Crippen LogP contribution in [0.25, 0.3) is 0 Å². The van der Waals surface area contributed by atoms with E-state index in [1.165, 1.54) is 64.2 Å². The third-order valence-corrected chi connectivity index (χ3v) is 13.0. The molecular weight excluding hydrogens is 392 g/mol. The van der Waals surface area contributed by atoms with E-state index in [2.05, 4.69) is 34.6 Å². The first kappa shape index (κ1) is 23.7. The first-order valence-corrected chi connectivity index (χ1v) is 14.4. The monoisotopic (exact) mass is 444 g/mol. The number of aliphatic hydroxyl groups is 1. The second-order valence-electron chi connectivity index (χ2n) is 14.0. The fraction of sp³-hybridized carbons (Fsp3) is 1.00. The lowest BCUT2D eigenvalue weighted by Crippen LogP contribution is -2.57. The normalized spacial score (nSPS) is 51.0. The molecule has 1 N–H and O–H groups in total. The van der Waals surface area contributed by atoms with E-state index in [-0.39, 0.29) is 0 Å². The first-order chi connectivity index (χ1) is 15.2. The summed E-state index contributed by atoms with van der Waals surface area (Å²) < 4.78 is 6.31. The van der Waals surface area contributed by atoms with Crippen molar-refractivity contribution in [1.82, 2.24) is 0 Å². The Balaban J connectivity index is 1.31. The lowest BCUT2D eigenvalue weighted by Gasteiger charge is -2.61. The fourth-order valence-corrected chi connectivity index (χ4v) is 11.2. The molecule has 2 nitrogen and oxygen atoms in total. The van der Waals surface area contributed by atoms with Crippen molar-refractivity contribution in [3.05, 3.63) is 0 Å². The maximum Gasteiger partial charge on any atom is 0.0638 e. The van der Waals surface area contributed by atoms with Gasteiger partial charge in [0, 0.05) is 19.1 Å². The Hall–Kier alpha value is -0.0800. The van der Waals surface area contributed by atoms with Crippen molar-refractivity contribution >= 4 is 0 Å². The summed E-state index contributed by atoms with van der Waals surface area (Å²) in [4.78, 5) is 0. The Labute approximate surface area is 198 Å². The van der Waals surface area contributed by atoms with E-state index in [0.717, 1.165) is 41.9 Å². The molecule has 0 bridgehead atoms. The zero-order valence-corrected chi connectivity index (χ0v) is 22.0. The molecule has 5 aliphatic rings. The van der Waals surface area contributed by atoms with Gasteiger partial charge in [0.2, 0.25) is 0 Å². The van der Waals surface area contributed by atoms with Crippen LogP contribution in [0.15, 0.2) is 0 Å². The van der Waals surface area contributed by atoms with Gasteiger partial charge in [-0.05, 0) is 122 Å². The molecule has 0 amide bonds. The van der Waals surface area contributed by atoms with Crippen LogP contribution in [0, 0.1) is 63.6 Å². The number of fused-ring (bicyclic) bond motifs is 4. The van der Waals surface area contributed by atoms with Gasteiger partial charge in [-0.2, -0.15) is 0 Å². The highest BCUT2D eigenvalue weighted by Gasteiger charge is 2.77. The molecule has 5 fully saturated rings. The summed E-state index contributed by atoms with van der Waals surface area (Å²) in [7, 11) is 2.02. The van der Waals surface area contributed by atoms with Crippen LogP contribution < -0.4 is 0 Å². The SMILES string of the molecule is CO[C@@H]1C[C@H]2[C@@H]3CC[C@H]([C@H](C)CC[C@@H](CCO)C(C)C)[C@@]3(C)CC[C@@H]2[C@@]2(C)CC[C@H]3C[C@]312. The summed E-state index contributed by atoms with van der Waals surface area (Å²) in [6, 6.07) is 0. The minimum Gasteiger partial charge on any atom is -0.396 e. The van der Waals surface area contributed by atoms with Gasteiger partial charge in [-0.15, -0.1) is 0 Å². The van der Waals surface area contributed by atoms with Crippen molar-refractivity contribution in [2.24, 2.45) is 63.6 Å². The number of methoxy groups -OCH3 is 1. The standard InChI is InChI=1S/C30H52O2/c1-19(2)21(13-16-31)8-7-20(3)24-9-10-25-23-17-27(32-6)30-18-22(30)11-15-29(30,5)26(23)12-14-28(24,25)4/h19-27,31H,7-18H2,1-6H3/t20-,21+,22+,23+,24-,25+,26+,27-,28-,29-,30+/m1/s1. The van der Waals surface area contributed by atoms with Gasteiger partial charge in [-0.3, -0.25) is 0 Å². The third-order valence-electron chi connectivity index (χ3n) is 13.0. The van der Waals surface area contributed by atoms with E-state index in [0.29, 0.717) is 40.8 Å². The highest BCUT2D eigenvalue weighted by atomic mass is 16.5. The van der Waals surface area contributed by atoms with Gasteiger partial charge in [0.05, 0.1) is 6.10 Å². The first-order valence-electron chi connectivity index (χ1n) is 14.4. The average Bonchev–Trinajstić information content (AvgIpc) is 3.27. The summed E-state index contributed by atoms with van der Waals surface area (Å²) in [5, 5.41) is 9.51. The zero-order chi connectivity index (χ0) is 22.9. The van der Waals surface area contributed by atoms with Gasteiger partial charge in [0.1, 0.15) is 0 Å². The third kappa shape index (κ3) is 3.16. The van der Waals surface area contributed by atoms with Crippen LogP contribution in [-0.4, -0.2) is 24.9 Å². The second-order valence-corrected chi connectivity index (χ2v) is 14.0. The Morgan fingerprint density at radius 3 is 2.38 bits per heavy atom. The summed E-state index contributed by atoms with van der Waals surface area (Å²) >= 11 is 0. The topological polar surface area (TPSA) is 29.5 Å². The predicted octanol–water partition coefficient (Wildman–Crippen LogP) is 7.34. The molecule has 184 valence electrons. The van der Waals surface area contributed by atoms with Crippen molar-refractivity contribution in [1.29, 1.82) is 0 Å². The van der Waals surface area contributed by atoms with Crippen LogP contribution >= 0.6 is 0 Å². The van der Waals surface area contributed by atoms with Gasteiger partial charge >= 0.3 is 0 Å². The van der Waals surface area contributed by atoms with Crippen molar-refractivity contribution < 1.29 is 9.84 Å². The van der Waals surface area contributed by atoms with Gasteiger partial charge in [-0.25, -0.2) is 0 Å². The van der Waals surface area contributed by atoms with Gasteiger partial charge in [0.25, 0.3) is 0 Å². The van der Waals surface area contributed by atoms with Crippen LogP contribution in [0.4, 0.5) is 0 Å². The van der Waals surface area contributed by atoms with Crippen LogP contribution in [0.2, 0.25) is 0 Å². The molecule has 1 spiro atoms. The van der Waals surface area contributed by atoms with Crippen LogP contribution in [-0.2, 0) is 4.74 Å². The van der Waals surface area contributed by atoms with Crippen LogP contribution in [0.3, 0.4) is 0 Å². The molecule has 0 aromatic carbocycles. The summed E-state index contributed by atoms with van der Waals surface area (Å²) in [5.74, 6) is 6.88. The van der Waals surface area contributed by atoms with Crippen LogP contribution in [0.5, 0.6) is 0 Å². The number of hydrogen-bond acceptors (Lipinski definition) is 2. The van der Waals surface area contributed by atoms with E-state index < -0.39 is 0 Å². The molecule has 0 unspecified atom stereocenters. The Kier molecular flexibility index (Phi) is 6.10. The van der Waals surface area contributed by atoms with Gasteiger partial charge in [-0.1, -0.05) is 41.0 Å². The highest BCUT2D eigenvalue weighted by molar-refractivity contribution is 5.26. The molecule has 0 radical (unpaired) electrons. The fourth-order valence-electron chi connectivity index (χ4n) is 11.2. The number of hydrogen-bond donors (Lipinski definition) is 1. The lowest BCUT2D eigenvalue weighted by atomic mass is 9.45. The molecule has 0 aliphatic heterocycles. The van der Waals surface area contributed by atoms with Crippen molar-refractivity contribution in [3.63, 3.8) is 0 Å². The van der Waals surface area contributed by atoms with E-state index in [9.17, 15) is 5.11 Å². The zero-order valence-electron chi connectivity index (χ0n) is 22.0. The minimum atomic E-state index is 0.352. The number of ether oxygens (including phenoxy) is 1. The van der Waals surface area contributed by atoms with E-state index in [1.807, 2.05) is 7.11 Å². The smallest absolute Gasteiger partial charge is 0.0638 e. The molecule has 32 heavy (non-hydrogen) atoms. The molecular formula is C30H52O2. The summed E-state index contributed by atoms with van der Waals surface area (Å²) in [5.41, 5.74) is 1.66. The summed E-state index contributed by atoms with van der Waals surface area (Å²) in [6.07, 6.45) is 15.9. The van der Waals surface area contributed by atoms with Gasteiger partial charge < -0.3 is 9.84 Å². The highest BCUT2D eigenvalue weighted by Crippen LogP contribution is 2.82. The molecule has 2 heteroatoms. The molecule has 5 saturated carbocycles. The maximum atomic E-state index is 9.51. The second kappa shape index (κ2) is 8.25. The Morgan fingerprint density at radius 1 is 0.938 bits per heavy atom. The minimum absolute atomic E-state index is 0.352. The quantitative estimate of drug-likeness (QED) is 0.424. The molecule has 5 aliphatic carbocycles. The largest absolute Gasteiger partial charge is 0.396 e. The van der Waals surface area contributed by atoms with E-state index in [1.54, 1.807) is 0 Å².